The fourth-order valence-electron chi connectivity index (χ4n) is 1.42. The van der Waals surface area contributed by atoms with Gasteiger partial charge in [0.1, 0.15) is 10.7 Å². The summed E-state index contributed by atoms with van der Waals surface area (Å²) in [5.74, 6) is -1.50. The molecule has 1 aromatic rings. The van der Waals surface area contributed by atoms with E-state index in [9.17, 15) is 17.6 Å². The van der Waals surface area contributed by atoms with E-state index in [2.05, 4.69) is 15.9 Å². The van der Waals surface area contributed by atoms with Gasteiger partial charge in [-0.3, -0.25) is 4.79 Å². The highest BCUT2D eigenvalue weighted by Gasteiger charge is 2.23. The first-order chi connectivity index (χ1) is 9.18. The molecule has 1 rings (SSSR count). The van der Waals surface area contributed by atoms with E-state index in [-0.39, 0.29) is 10.0 Å². The summed E-state index contributed by atoms with van der Waals surface area (Å²) in [6.45, 7) is 0.629. The summed E-state index contributed by atoms with van der Waals surface area (Å²) in [4.78, 5) is 12.7. The van der Waals surface area contributed by atoms with Crippen LogP contribution in [0.5, 0.6) is 0 Å². The van der Waals surface area contributed by atoms with Gasteiger partial charge in [-0.15, -0.1) is 0 Å². The average molecular weight is 389 g/mol. The zero-order chi connectivity index (χ0) is 15.5. The molecule has 0 N–H and O–H groups in total. The minimum Gasteiger partial charge on any atom is -0.383 e. The zero-order valence-corrected chi connectivity index (χ0v) is 13.8. The van der Waals surface area contributed by atoms with Crippen molar-refractivity contribution in [3.05, 3.63) is 28.0 Å². The minimum absolute atomic E-state index is 0.00391. The second-order valence-corrected chi connectivity index (χ2v) is 7.31. The number of methoxy groups -OCH3 is 1. The third kappa shape index (κ3) is 4.15. The number of likely N-dealkylation sites (N-methyl/N-ethyl adjacent to an activating group) is 1. The van der Waals surface area contributed by atoms with Gasteiger partial charge >= 0.3 is 0 Å². The fourth-order valence-corrected chi connectivity index (χ4v) is 2.81. The summed E-state index contributed by atoms with van der Waals surface area (Å²) in [6, 6.07) is 1.81. The van der Waals surface area contributed by atoms with Crippen LogP contribution in [0.25, 0.3) is 0 Å². The summed E-state index contributed by atoms with van der Waals surface area (Å²) < 4.78 is 41.0. The van der Waals surface area contributed by atoms with E-state index in [1.54, 1.807) is 0 Å². The predicted molar refractivity (Wildman–Crippen MR) is 76.0 cm³/mol. The highest BCUT2D eigenvalue weighted by atomic mass is 79.9. The lowest BCUT2D eigenvalue weighted by Gasteiger charge is -2.18. The highest BCUT2D eigenvalue weighted by molar-refractivity contribution is 9.10. The van der Waals surface area contributed by atoms with Crippen LogP contribution in [0.15, 0.2) is 21.5 Å². The van der Waals surface area contributed by atoms with Crippen LogP contribution in [0, 0.1) is 5.82 Å². The number of nitrogens with zero attached hydrogens (tertiary/aromatic N) is 1. The van der Waals surface area contributed by atoms with Crippen molar-refractivity contribution in [2.75, 3.05) is 27.3 Å². The molecule has 0 bridgehead atoms. The molecule has 5 nitrogen and oxygen atoms in total. The van der Waals surface area contributed by atoms with Crippen molar-refractivity contribution in [2.24, 2.45) is 0 Å². The van der Waals surface area contributed by atoms with Crippen LogP contribution < -0.4 is 0 Å². The maximum absolute atomic E-state index is 13.6. The van der Waals surface area contributed by atoms with Crippen LogP contribution in [0.1, 0.15) is 10.4 Å². The minimum atomic E-state index is -4.27. The summed E-state index contributed by atoms with van der Waals surface area (Å²) in [5.41, 5.74) is 0.00391. The van der Waals surface area contributed by atoms with E-state index in [0.29, 0.717) is 13.2 Å². The molecule has 0 aliphatic carbocycles. The Morgan fingerprint density at radius 3 is 2.60 bits per heavy atom. The van der Waals surface area contributed by atoms with E-state index in [0.717, 1.165) is 12.1 Å². The number of benzene rings is 1. The standard InChI is InChI=1S/C11H12BrClFNO4S/c1-15(3-4-19-2)11(16)7-5-10(20(13,17)18)9(14)6-8(7)12/h5-6H,3-4H2,1-2H3. The van der Waals surface area contributed by atoms with Crippen molar-refractivity contribution in [1.29, 1.82) is 0 Å². The second-order valence-electron chi connectivity index (χ2n) is 3.92. The number of halogens is 3. The molecule has 0 aliphatic rings. The van der Waals surface area contributed by atoms with Gasteiger partial charge in [0.05, 0.1) is 12.2 Å². The Morgan fingerprint density at radius 1 is 1.50 bits per heavy atom. The predicted octanol–water partition coefficient (Wildman–Crippen LogP) is 2.23. The molecular formula is C11H12BrClFNO4S. The molecule has 112 valence electrons. The molecule has 1 amide bonds. The van der Waals surface area contributed by atoms with Crippen LogP contribution in [0.3, 0.4) is 0 Å². The van der Waals surface area contributed by atoms with Crippen molar-refractivity contribution in [2.45, 2.75) is 4.90 Å². The number of carbonyl (C=O) groups is 1. The zero-order valence-electron chi connectivity index (χ0n) is 10.7. The lowest BCUT2D eigenvalue weighted by atomic mass is 10.2. The van der Waals surface area contributed by atoms with Gasteiger partial charge in [-0.2, -0.15) is 0 Å². The van der Waals surface area contributed by atoms with Gasteiger partial charge in [0.2, 0.25) is 0 Å². The van der Waals surface area contributed by atoms with E-state index < -0.39 is 25.7 Å². The number of carbonyl (C=O) groups excluding carboxylic acids is 1. The van der Waals surface area contributed by atoms with Gasteiger partial charge in [0.15, 0.2) is 0 Å². The lowest BCUT2D eigenvalue weighted by Crippen LogP contribution is -2.30. The summed E-state index contributed by atoms with van der Waals surface area (Å²) in [7, 11) is 3.87. The first kappa shape index (κ1) is 17.4. The maximum atomic E-state index is 13.6. The van der Waals surface area contributed by atoms with Crippen LogP contribution in [0.4, 0.5) is 4.39 Å². The Morgan fingerprint density at radius 2 is 2.10 bits per heavy atom. The fraction of sp³-hybridized carbons (Fsp3) is 0.364. The van der Waals surface area contributed by atoms with Gasteiger partial charge in [-0.05, 0) is 28.1 Å². The van der Waals surface area contributed by atoms with Gasteiger partial charge in [0.25, 0.3) is 15.0 Å². The van der Waals surface area contributed by atoms with Crippen LogP contribution >= 0.6 is 26.6 Å². The van der Waals surface area contributed by atoms with Crippen molar-refractivity contribution in [3.8, 4) is 0 Å². The molecule has 1 aromatic carbocycles. The normalized spacial score (nSPS) is 11.4. The van der Waals surface area contributed by atoms with Crippen LogP contribution in [0.2, 0.25) is 0 Å². The molecule has 0 atom stereocenters. The Labute approximate surface area is 129 Å². The Kier molecular flexibility index (Phi) is 5.93. The molecule has 0 heterocycles. The molecule has 0 radical (unpaired) electrons. The smallest absolute Gasteiger partial charge is 0.264 e. The molecule has 0 saturated heterocycles. The third-order valence-corrected chi connectivity index (χ3v) is 4.49. The quantitative estimate of drug-likeness (QED) is 0.726. The van der Waals surface area contributed by atoms with Crippen LogP contribution in [-0.4, -0.2) is 46.5 Å². The first-order valence-corrected chi connectivity index (χ1v) is 8.46. The summed E-state index contributed by atoms with van der Waals surface area (Å²) in [6.07, 6.45) is 0. The first-order valence-electron chi connectivity index (χ1n) is 5.36. The lowest BCUT2D eigenvalue weighted by molar-refractivity contribution is 0.0743. The molecule has 0 aromatic heterocycles. The third-order valence-electron chi connectivity index (χ3n) is 2.49. The molecular weight excluding hydrogens is 377 g/mol. The SMILES string of the molecule is COCCN(C)C(=O)c1cc(S(=O)(=O)Cl)c(F)cc1Br. The van der Waals surface area contributed by atoms with Gasteiger partial charge < -0.3 is 9.64 Å². The van der Waals surface area contributed by atoms with E-state index in [1.165, 1.54) is 19.1 Å². The molecule has 0 unspecified atom stereocenters. The monoisotopic (exact) mass is 387 g/mol. The molecule has 0 aliphatic heterocycles. The Balaban J connectivity index is 3.22. The van der Waals surface area contributed by atoms with Gasteiger partial charge in [-0.25, -0.2) is 12.8 Å². The average Bonchev–Trinajstić information content (AvgIpc) is 2.33. The summed E-state index contributed by atoms with van der Waals surface area (Å²) >= 11 is 3.03. The largest absolute Gasteiger partial charge is 0.383 e. The van der Waals surface area contributed by atoms with E-state index in [4.69, 9.17) is 15.4 Å². The number of ether oxygens (including phenoxy) is 1. The van der Waals surface area contributed by atoms with Crippen LogP contribution in [-0.2, 0) is 13.8 Å². The van der Waals surface area contributed by atoms with Gasteiger partial charge in [-0.1, -0.05) is 0 Å². The Bertz CT molecular complexity index is 623. The molecule has 0 saturated carbocycles. The maximum Gasteiger partial charge on any atom is 0.264 e. The summed E-state index contributed by atoms with van der Waals surface area (Å²) in [5, 5.41) is 0. The van der Waals surface area contributed by atoms with Crippen molar-refractivity contribution < 1.29 is 22.3 Å². The topological polar surface area (TPSA) is 63.7 Å². The highest BCUT2D eigenvalue weighted by Crippen LogP contribution is 2.27. The van der Waals surface area contributed by atoms with Gasteiger partial charge in [0, 0.05) is 35.9 Å². The molecule has 0 spiro atoms. The van der Waals surface area contributed by atoms with E-state index in [1.807, 2.05) is 0 Å². The number of hydrogen-bond donors (Lipinski definition) is 0. The van der Waals surface area contributed by atoms with Crippen molar-refractivity contribution in [3.63, 3.8) is 0 Å². The Hall–Kier alpha value is -0.700. The van der Waals surface area contributed by atoms with Crippen molar-refractivity contribution >= 4 is 41.6 Å². The number of rotatable bonds is 5. The molecule has 0 fully saturated rings. The van der Waals surface area contributed by atoms with E-state index >= 15 is 0 Å². The van der Waals surface area contributed by atoms with Crippen molar-refractivity contribution in [1.82, 2.24) is 4.90 Å². The molecule has 9 heteroatoms. The number of amides is 1. The number of hydrogen-bond acceptors (Lipinski definition) is 4. The molecule has 20 heavy (non-hydrogen) atoms. The second kappa shape index (κ2) is 6.84.